The van der Waals surface area contributed by atoms with Gasteiger partial charge in [-0.2, -0.15) is 0 Å². The molecular formula is C11H17BrN2OS. The molecule has 0 spiro atoms. The van der Waals surface area contributed by atoms with E-state index in [9.17, 15) is 4.55 Å². The fourth-order valence-corrected chi connectivity index (χ4v) is 1.44. The van der Waals surface area contributed by atoms with Crippen molar-refractivity contribution in [1.82, 2.24) is 0 Å². The molecule has 0 aromatic carbocycles. The zero-order chi connectivity index (χ0) is 12.8. The fraction of sp³-hybridized carbons (Fsp3) is 0.455. The fourth-order valence-electron chi connectivity index (χ4n) is 0.645. The molecule has 1 atom stereocenters. The van der Waals surface area contributed by atoms with Crippen LogP contribution >= 0.6 is 15.9 Å². The van der Waals surface area contributed by atoms with E-state index in [1.807, 2.05) is 33.8 Å². The van der Waals surface area contributed by atoms with Crippen molar-refractivity contribution in [2.45, 2.75) is 32.4 Å². The molecule has 0 aromatic heterocycles. The number of hydrogen-bond donors (Lipinski definition) is 0. The second-order valence-electron chi connectivity index (χ2n) is 4.01. The molecule has 0 aromatic rings. The third kappa shape index (κ3) is 6.25. The van der Waals surface area contributed by atoms with E-state index in [4.69, 9.17) is 0 Å². The van der Waals surface area contributed by atoms with Gasteiger partial charge in [0.05, 0.1) is 6.21 Å². The highest BCUT2D eigenvalue weighted by atomic mass is 79.9. The smallest absolute Gasteiger partial charge is 0.144 e. The molecule has 3 nitrogen and oxygen atoms in total. The average molecular weight is 305 g/mol. The molecule has 0 rings (SSSR count). The SMILES string of the molecule is C=N/C(Br)=C\C(C=N[S+]([O-])C(C)(C)C)=C/C. The van der Waals surface area contributed by atoms with Gasteiger partial charge in [0.25, 0.3) is 0 Å². The third-order valence-corrected chi connectivity index (χ3v) is 3.42. The van der Waals surface area contributed by atoms with Gasteiger partial charge in [0.15, 0.2) is 0 Å². The molecule has 90 valence electrons. The Hall–Kier alpha value is -0.390. The van der Waals surface area contributed by atoms with Crippen LogP contribution in [0.2, 0.25) is 0 Å². The van der Waals surface area contributed by atoms with E-state index in [1.165, 1.54) is 0 Å². The van der Waals surface area contributed by atoms with Crippen LogP contribution in [-0.4, -0.2) is 22.2 Å². The number of allylic oxidation sites excluding steroid dienone is 3. The molecule has 0 aliphatic carbocycles. The van der Waals surface area contributed by atoms with Gasteiger partial charge in [-0.05, 0) is 62.0 Å². The van der Waals surface area contributed by atoms with E-state index in [0.29, 0.717) is 4.61 Å². The molecule has 0 radical (unpaired) electrons. The zero-order valence-electron chi connectivity index (χ0n) is 10.0. The first-order valence-electron chi connectivity index (χ1n) is 4.77. The van der Waals surface area contributed by atoms with Crippen LogP contribution in [0.15, 0.2) is 31.7 Å². The van der Waals surface area contributed by atoms with Gasteiger partial charge in [0.2, 0.25) is 0 Å². The normalized spacial score (nSPS) is 16.6. The van der Waals surface area contributed by atoms with Crippen molar-refractivity contribution in [2.24, 2.45) is 9.39 Å². The molecule has 0 saturated heterocycles. The highest BCUT2D eigenvalue weighted by Crippen LogP contribution is 2.17. The number of rotatable bonds is 4. The summed E-state index contributed by atoms with van der Waals surface area (Å²) in [6.07, 6.45) is 5.19. The Labute approximate surface area is 109 Å². The van der Waals surface area contributed by atoms with Crippen LogP contribution in [0, 0.1) is 0 Å². The average Bonchev–Trinajstić information content (AvgIpc) is 2.21. The minimum Gasteiger partial charge on any atom is -0.591 e. The van der Waals surface area contributed by atoms with Crippen molar-refractivity contribution in [3.8, 4) is 0 Å². The molecular weight excluding hydrogens is 288 g/mol. The summed E-state index contributed by atoms with van der Waals surface area (Å²) in [7, 11) is 0. The Bertz CT molecular complexity index is 329. The van der Waals surface area contributed by atoms with Crippen LogP contribution < -0.4 is 0 Å². The first kappa shape index (κ1) is 15.6. The van der Waals surface area contributed by atoms with E-state index in [0.717, 1.165) is 5.57 Å². The van der Waals surface area contributed by atoms with Gasteiger partial charge < -0.3 is 4.55 Å². The summed E-state index contributed by atoms with van der Waals surface area (Å²) in [5.74, 6) is 0. The zero-order valence-corrected chi connectivity index (χ0v) is 12.4. The summed E-state index contributed by atoms with van der Waals surface area (Å²) >= 11 is 1.98. The van der Waals surface area contributed by atoms with Crippen molar-refractivity contribution < 1.29 is 4.55 Å². The molecule has 5 heteroatoms. The molecule has 0 fully saturated rings. The number of halogens is 1. The second-order valence-corrected chi connectivity index (χ2v) is 6.76. The monoisotopic (exact) mass is 304 g/mol. The van der Waals surface area contributed by atoms with Gasteiger partial charge in [-0.15, -0.1) is 0 Å². The Kier molecular flexibility index (Phi) is 6.87. The Morgan fingerprint density at radius 1 is 1.44 bits per heavy atom. The lowest BCUT2D eigenvalue weighted by molar-refractivity contribution is 0.562. The largest absolute Gasteiger partial charge is 0.591 e. The van der Waals surface area contributed by atoms with Gasteiger partial charge >= 0.3 is 0 Å². The summed E-state index contributed by atoms with van der Waals surface area (Å²) < 4.78 is 15.9. The Morgan fingerprint density at radius 2 is 2.00 bits per heavy atom. The second kappa shape index (κ2) is 7.04. The van der Waals surface area contributed by atoms with Crippen LogP contribution in [0.5, 0.6) is 0 Å². The Balaban J connectivity index is 4.70. The van der Waals surface area contributed by atoms with Gasteiger partial charge in [-0.3, -0.25) is 4.99 Å². The highest BCUT2D eigenvalue weighted by Gasteiger charge is 2.25. The summed E-state index contributed by atoms with van der Waals surface area (Å²) in [5.41, 5.74) is 0.830. The molecule has 1 unspecified atom stereocenters. The maximum Gasteiger partial charge on any atom is 0.144 e. The van der Waals surface area contributed by atoms with E-state index in [1.54, 1.807) is 12.3 Å². The summed E-state index contributed by atoms with van der Waals surface area (Å²) in [4.78, 5) is 3.70. The lowest BCUT2D eigenvalue weighted by Gasteiger charge is -2.17. The number of hydrogen-bond acceptors (Lipinski definition) is 3. The number of aliphatic imine (C=N–C) groups is 1. The van der Waals surface area contributed by atoms with Gasteiger partial charge in [-0.25, -0.2) is 0 Å². The Morgan fingerprint density at radius 3 is 2.38 bits per heavy atom. The first-order valence-corrected chi connectivity index (χ1v) is 6.67. The van der Waals surface area contributed by atoms with Gasteiger partial charge in [-0.1, -0.05) is 10.5 Å². The summed E-state index contributed by atoms with van der Waals surface area (Å²) in [5, 5.41) is 0. The summed E-state index contributed by atoms with van der Waals surface area (Å²) in [6.45, 7) is 10.9. The number of nitrogens with zero attached hydrogens (tertiary/aromatic N) is 2. The van der Waals surface area contributed by atoms with Crippen LogP contribution in [0.4, 0.5) is 0 Å². The van der Waals surface area contributed by atoms with E-state index >= 15 is 0 Å². The van der Waals surface area contributed by atoms with Gasteiger partial charge in [0, 0.05) is 0 Å². The van der Waals surface area contributed by atoms with Crippen molar-refractivity contribution >= 4 is 40.2 Å². The van der Waals surface area contributed by atoms with Crippen molar-refractivity contribution in [2.75, 3.05) is 0 Å². The topological polar surface area (TPSA) is 47.8 Å². The standard InChI is InChI=1S/C11H17BrN2OS/c1-6-9(7-10(12)13-5)8-14-16(15)11(2,3)4/h6-8H,5H2,1-4H3/b9-6+,10-7-,14-8?. The third-order valence-electron chi connectivity index (χ3n) is 1.59. The predicted molar refractivity (Wildman–Crippen MR) is 76.7 cm³/mol. The molecule has 0 N–H and O–H groups in total. The lowest BCUT2D eigenvalue weighted by Crippen LogP contribution is -2.25. The summed E-state index contributed by atoms with van der Waals surface area (Å²) in [6, 6.07) is 0. The molecule has 0 amide bonds. The van der Waals surface area contributed by atoms with Crippen molar-refractivity contribution in [1.29, 1.82) is 0 Å². The van der Waals surface area contributed by atoms with E-state index in [-0.39, 0.29) is 4.75 Å². The van der Waals surface area contributed by atoms with Gasteiger partial charge in [0.1, 0.15) is 20.7 Å². The molecule has 0 saturated carbocycles. The van der Waals surface area contributed by atoms with E-state index < -0.39 is 11.4 Å². The minimum absolute atomic E-state index is 0.340. The van der Waals surface area contributed by atoms with Crippen molar-refractivity contribution in [3.05, 3.63) is 22.3 Å². The molecule has 0 bridgehead atoms. The lowest BCUT2D eigenvalue weighted by atomic mass is 10.3. The van der Waals surface area contributed by atoms with Crippen molar-refractivity contribution in [3.63, 3.8) is 0 Å². The molecule has 0 aliphatic rings. The first-order chi connectivity index (χ1) is 7.31. The maximum atomic E-state index is 11.7. The molecule has 0 aliphatic heterocycles. The molecule has 0 heterocycles. The van der Waals surface area contributed by atoms with Crippen LogP contribution in [0.3, 0.4) is 0 Å². The molecule has 16 heavy (non-hydrogen) atoms. The maximum absolute atomic E-state index is 11.7. The predicted octanol–water partition coefficient (Wildman–Crippen LogP) is 3.40. The van der Waals surface area contributed by atoms with Crippen LogP contribution in [0.25, 0.3) is 0 Å². The van der Waals surface area contributed by atoms with Crippen LogP contribution in [-0.2, 0) is 11.4 Å². The van der Waals surface area contributed by atoms with Crippen LogP contribution in [0.1, 0.15) is 27.7 Å². The van der Waals surface area contributed by atoms with E-state index in [2.05, 4.69) is 32.0 Å². The quantitative estimate of drug-likeness (QED) is 0.340. The minimum atomic E-state index is -1.24. The highest BCUT2D eigenvalue weighted by molar-refractivity contribution is 9.11.